The van der Waals surface area contributed by atoms with Gasteiger partial charge in [0.15, 0.2) is 0 Å². The van der Waals surface area contributed by atoms with Crippen LogP contribution >= 0.6 is 0 Å². The third-order valence-electron chi connectivity index (χ3n) is 2.99. The molecule has 3 N–H and O–H groups in total. The highest BCUT2D eigenvalue weighted by Gasteiger charge is 2.25. The Bertz CT molecular complexity index is 362. The van der Waals surface area contributed by atoms with Crippen LogP contribution in [0.5, 0.6) is 11.5 Å². The Kier molecular flexibility index (Phi) is 6.67. The van der Waals surface area contributed by atoms with Crippen molar-refractivity contribution in [2.75, 3.05) is 13.3 Å². The molecule has 4 nitrogen and oxygen atoms in total. The smallest absolute Gasteiger partial charge is 0.137 e. The van der Waals surface area contributed by atoms with E-state index in [2.05, 4.69) is 13.8 Å². The molecule has 19 heavy (non-hydrogen) atoms. The molecule has 0 spiro atoms. The predicted molar refractivity (Wildman–Crippen MR) is 76.4 cm³/mol. The van der Waals surface area contributed by atoms with E-state index in [4.69, 9.17) is 15.2 Å². The van der Waals surface area contributed by atoms with E-state index in [1.165, 1.54) is 0 Å². The van der Waals surface area contributed by atoms with Crippen molar-refractivity contribution >= 4 is 0 Å². The van der Waals surface area contributed by atoms with Gasteiger partial charge in [-0.05, 0) is 25.0 Å². The lowest BCUT2D eigenvalue weighted by Gasteiger charge is -2.27. The van der Waals surface area contributed by atoms with Crippen LogP contribution in [0, 0.1) is 0 Å². The number of benzene rings is 1. The molecule has 0 fully saturated rings. The largest absolute Gasteiger partial charge is 0.490 e. The van der Waals surface area contributed by atoms with Gasteiger partial charge in [0, 0.05) is 6.07 Å². The Hall–Kier alpha value is -1.26. The van der Waals surface area contributed by atoms with E-state index in [0.29, 0.717) is 18.1 Å². The zero-order chi connectivity index (χ0) is 14.1. The van der Waals surface area contributed by atoms with Crippen LogP contribution in [0.2, 0.25) is 0 Å². The number of ether oxygens (including phenoxy) is 2. The molecule has 1 aromatic carbocycles. The first-order valence-electron chi connectivity index (χ1n) is 6.91. The van der Waals surface area contributed by atoms with E-state index >= 15 is 0 Å². The molecule has 0 atom stereocenters. The second-order valence-corrected chi connectivity index (χ2v) is 4.80. The molecule has 0 aliphatic heterocycles. The van der Waals surface area contributed by atoms with Crippen molar-refractivity contribution in [2.45, 2.75) is 45.1 Å². The second-order valence-electron chi connectivity index (χ2n) is 4.80. The van der Waals surface area contributed by atoms with Gasteiger partial charge in [-0.25, -0.2) is 0 Å². The molecule has 0 heterocycles. The van der Waals surface area contributed by atoms with Crippen LogP contribution in [-0.4, -0.2) is 24.0 Å². The molecule has 0 aliphatic carbocycles. The molecule has 0 unspecified atom stereocenters. The van der Waals surface area contributed by atoms with E-state index in [1.54, 1.807) is 6.07 Å². The fourth-order valence-corrected chi connectivity index (χ4v) is 2.17. The lowest BCUT2D eigenvalue weighted by Crippen LogP contribution is -2.35. The Balaban J connectivity index is 2.60. The van der Waals surface area contributed by atoms with Gasteiger partial charge in [-0.3, -0.25) is 5.73 Å². The lowest BCUT2D eigenvalue weighted by atomic mass is 9.94. The fraction of sp³-hybridized carbons (Fsp3) is 0.600. The van der Waals surface area contributed by atoms with Crippen LogP contribution < -0.4 is 15.2 Å². The summed E-state index contributed by atoms with van der Waals surface area (Å²) in [4.78, 5) is 0. The SMILES string of the molecule is CCCC(O)(CCC)COc1cccc(OCN)c1. The molecular formula is C15H25NO3. The van der Waals surface area contributed by atoms with Crippen LogP contribution in [0.15, 0.2) is 24.3 Å². The van der Waals surface area contributed by atoms with Crippen molar-refractivity contribution in [3.63, 3.8) is 0 Å². The lowest BCUT2D eigenvalue weighted by molar-refractivity contribution is -0.0202. The number of nitrogens with two attached hydrogens (primary N) is 1. The number of hydrogen-bond acceptors (Lipinski definition) is 4. The first-order chi connectivity index (χ1) is 9.13. The highest BCUT2D eigenvalue weighted by Crippen LogP contribution is 2.24. The molecule has 0 aromatic heterocycles. The van der Waals surface area contributed by atoms with Gasteiger partial charge in [-0.2, -0.15) is 0 Å². The van der Waals surface area contributed by atoms with Crippen LogP contribution in [0.4, 0.5) is 0 Å². The third kappa shape index (κ3) is 5.49. The summed E-state index contributed by atoms with van der Waals surface area (Å²) >= 11 is 0. The van der Waals surface area contributed by atoms with E-state index in [-0.39, 0.29) is 6.73 Å². The van der Waals surface area contributed by atoms with Crippen molar-refractivity contribution < 1.29 is 14.6 Å². The standard InChI is InChI=1S/C15H25NO3/c1-3-8-15(17,9-4-2)11-18-13-6-5-7-14(10-13)19-12-16/h5-7,10,17H,3-4,8-9,11-12,16H2,1-2H3. The minimum absolute atomic E-state index is 0.138. The monoisotopic (exact) mass is 267 g/mol. The highest BCUT2D eigenvalue weighted by molar-refractivity contribution is 5.32. The average molecular weight is 267 g/mol. The molecule has 0 saturated carbocycles. The van der Waals surface area contributed by atoms with Crippen LogP contribution in [0.25, 0.3) is 0 Å². The van der Waals surface area contributed by atoms with Crippen molar-refractivity contribution in [3.8, 4) is 11.5 Å². The van der Waals surface area contributed by atoms with Gasteiger partial charge < -0.3 is 14.6 Å². The van der Waals surface area contributed by atoms with Gasteiger partial charge in [0.05, 0.1) is 5.60 Å². The fourth-order valence-electron chi connectivity index (χ4n) is 2.17. The number of aliphatic hydroxyl groups is 1. The van der Waals surface area contributed by atoms with E-state index < -0.39 is 5.60 Å². The van der Waals surface area contributed by atoms with Crippen molar-refractivity contribution in [3.05, 3.63) is 24.3 Å². The van der Waals surface area contributed by atoms with E-state index in [9.17, 15) is 5.11 Å². The first kappa shape index (κ1) is 15.8. The summed E-state index contributed by atoms with van der Waals surface area (Å²) in [6.45, 7) is 4.58. The maximum Gasteiger partial charge on any atom is 0.137 e. The van der Waals surface area contributed by atoms with Crippen LogP contribution in [0.1, 0.15) is 39.5 Å². The van der Waals surface area contributed by atoms with Crippen LogP contribution in [0.3, 0.4) is 0 Å². The minimum Gasteiger partial charge on any atom is -0.490 e. The quantitative estimate of drug-likeness (QED) is 0.675. The second kappa shape index (κ2) is 8.02. The molecule has 0 saturated heterocycles. The van der Waals surface area contributed by atoms with Crippen LogP contribution in [-0.2, 0) is 0 Å². The molecule has 0 bridgehead atoms. The summed E-state index contributed by atoms with van der Waals surface area (Å²) in [5.41, 5.74) is 4.59. The summed E-state index contributed by atoms with van der Waals surface area (Å²) in [6.07, 6.45) is 3.38. The number of rotatable bonds is 9. The van der Waals surface area contributed by atoms with E-state index in [1.807, 2.05) is 18.2 Å². The van der Waals surface area contributed by atoms with Crippen molar-refractivity contribution in [1.29, 1.82) is 0 Å². The first-order valence-corrected chi connectivity index (χ1v) is 6.91. The molecule has 0 aliphatic rings. The zero-order valence-electron chi connectivity index (χ0n) is 11.9. The summed E-state index contributed by atoms with van der Waals surface area (Å²) in [6, 6.07) is 7.30. The Morgan fingerprint density at radius 1 is 1.11 bits per heavy atom. The molecule has 1 rings (SSSR count). The maximum atomic E-state index is 10.5. The summed E-state index contributed by atoms with van der Waals surface area (Å²) in [5, 5.41) is 10.5. The normalized spacial score (nSPS) is 11.4. The summed E-state index contributed by atoms with van der Waals surface area (Å²) in [5.74, 6) is 1.37. The number of hydrogen-bond donors (Lipinski definition) is 2. The van der Waals surface area contributed by atoms with Crippen molar-refractivity contribution in [1.82, 2.24) is 0 Å². The Morgan fingerprint density at radius 2 is 1.68 bits per heavy atom. The third-order valence-corrected chi connectivity index (χ3v) is 2.99. The average Bonchev–Trinajstić information content (AvgIpc) is 2.38. The molecule has 0 amide bonds. The highest BCUT2D eigenvalue weighted by atomic mass is 16.5. The molecule has 108 valence electrons. The molecule has 0 radical (unpaired) electrons. The van der Waals surface area contributed by atoms with Gasteiger partial charge in [0.25, 0.3) is 0 Å². The maximum absolute atomic E-state index is 10.5. The van der Waals surface area contributed by atoms with Gasteiger partial charge >= 0.3 is 0 Å². The molecule has 1 aromatic rings. The molecular weight excluding hydrogens is 242 g/mol. The summed E-state index contributed by atoms with van der Waals surface area (Å²) < 4.78 is 10.9. The minimum atomic E-state index is -0.742. The predicted octanol–water partition coefficient (Wildman–Crippen LogP) is 2.69. The van der Waals surface area contributed by atoms with Gasteiger partial charge in [0.2, 0.25) is 0 Å². The zero-order valence-corrected chi connectivity index (χ0v) is 11.9. The van der Waals surface area contributed by atoms with Gasteiger partial charge in [-0.15, -0.1) is 0 Å². The van der Waals surface area contributed by atoms with Crippen molar-refractivity contribution in [2.24, 2.45) is 5.73 Å². The topological polar surface area (TPSA) is 64.7 Å². The van der Waals surface area contributed by atoms with Gasteiger partial charge in [0.1, 0.15) is 24.8 Å². The summed E-state index contributed by atoms with van der Waals surface area (Å²) in [7, 11) is 0. The molecule has 4 heteroatoms. The van der Waals surface area contributed by atoms with Gasteiger partial charge in [-0.1, -0.05) is 32.8 Å². The Labute approximate surface area is 115 Å². The van der Waals surface area contributed by atoms with E-state index in [0.717, 1.165) is 25.7 Å². The Morgan fingerprint density at radius 3 is 2.21 bits per heavy atom.